The Bertz CT molecular complexity index is 1340. The molecule has 0 spiro atoms. The number of esters is 1. The Labute approximate surface area is 241 Å². The van der Waals surface area contributed by atoms with Crippen LogP contribution in [0.5, 0.6) is 0 Å². The van der Waals surface area contributed by atoms with Crippen LogP contribution in [0.4, 0.5) is 8.78 Å². The van der Waals surface area contributed by atoms with E-state index in [4.69, 9.17) is 0 Å². The van der Waals surface area contributed by atoms with Gasteiger partial charge in [-0.25, -0.2) is 13.2 Å². The Morgan fingerprint density at radius 3 is 1.63 bits per heavy atom. The summed E-state index contributed by atoms with van der Waals surface area (Å²) in [7, 11) is -6.11. The zero-order valence-corrected chi connectivity index (χ0v) is 24.0. The molecule has 4 saturated carbocycles. The van der Waals surface area contributed by atoms with E-state index >= 15 is 0 Å². The van der Waals surface area contributed by atoms with Gasteiger partial charge in [-0.2, -0.15) is 8.78 Å². The second kappa shape index (κ2) is 11.5. The molecule has 0 amide bonds. The Morgan fingerprint density at radius 1 is 0.854 bits per heavy atom. The maximum Gasteiger partial charge on any atom is 0.428 e. The summed E-state index contributed by atoms with van der Waals surface area (Å²) in [6, 6.07) is 32.2. The molecule has 3 aromatic rings. The molecule has 3 aromatic carbocycles. The zero-order valence-electron chi connectivity index (χ0n) is 22.3. The third-order valence-corrected chi connectivity index (χ3v) is 11.2. The number of benzene rings is 3. The number of hydrogen-bond acceptors (Lipinski definition) is 6. The lowest BCUT2D eigenvalue weighted by atomic mass is 9.48. The fourth-order valence-electron chi connectivity index (χ4n) is 7.05. The van der Waals surface area contributed by atoms with Gasteiger partial charge in [0.1, 0.15) is 0 Å². The van der Waals surface area contributed by atoms with Gasteiger partial charge in [0.2, 0.25) is 0 Å². The van der Waals surface area contributed by atoms with E-state index in [2.05, 4.69) is 95.7 Å². The second-order valence-electron chi connectivity index (χ2n) is 11.5. The number of carbonyl (C=O) groups excluding carboxylic acids is 1. The van der Waals surface area contributed by atoms with E-state index in [1.165, 1.54) is 14.7 Å². The van der Waals surface area contributed by atoms with Crippen LogP contribution in [0, 0.1) is 17.3 Å². The molecule has 0 aromatic heterocycles. The number of rotatable bonds is 7. The first-order chi connectivity index (χ1) is 19.4. The lowest BCUT2D eigenvalue weighted by Gasteiger charge is -2.59. The topological polar surface area (TPSA) is 104 Å². The molecule has 0 radical (unpaired) electrons. The third-order valence-electron chi connectivity index (χ3n) is 8.15. The van der Waals surface area contributed by atoms with Crippen LogP contribution in [0.15, 0.2) is 106 Å². The monoisotopic (exact) mass is 602 g/mol. The highest BCUT2D eigenvalue weighted by Gasteiger charge is 2.58. The van der Waals surface area contributed by atoms with Gasteiger partial charge in [-0.3, -0.25) is 0 Å². The van der Waals surface area contributed by atoms with Crippen molar-refractivity contribution in [1.82, 2.24) is 0 Å². The summed E-state index contributed by atoms with van der Waals surface area (Å²) >= 11 is 0. The lowest BCUT2D eigenvalue weighted by molar-refractivity contribution is -0.193. The normalized spacial score (nSPS) is 26.8. The van der Waals surface area contributed by atoms with E-state index in [0.717, 1.165) is 6.42 Å². The number of carbonyl (C=O) groups is 1. The van der Waals surface area contributed by atoms with Gasteiger partial charge in [0.05, 0.1) is 23.1 Å². The van der Waals surface area contributed by atoms with Crippen molar-refractivity contribution in [3.63, 3.8) is 0 Å². The van der Waals surface area contributed by atoms with Crippen molar-refractivity contribution < 1.29 is 36.4 Å². The molecule has 10 heteroatoms. The van der Waals surface area contributed by atoms with Crippen molar-refractivity contribution in [3.05, 3.63) is 91.0 Å². The van der Waals surface area contributed by atoms with Crippen LogP contribution in [0.1, 0.15) is 38.5 Å². The molecule has 2 atom stereocenters. The van der Waals surface area contributed by atoms with Crippen LogP contribution in [-0.4, -0.2) is 41.5 Å². The quantitative estimate of drug-likeness (QED) is 0.209. The van der Waals surface area contributed by atoms with E-state index in [1.807, 2.05) is 0 Å². The average molecular weight is 603 g/mol. The van der Waals surface area contributed by atoms with Crippen molar-refractivity contribution in [2.75, 3.05) is 6.61 Å². The molecular formula is C31H32F2O6S2. The highest BCUT2D eigenvalue weighted by molar-refractivity contribution is 7.97. The SMILES string of the molecule is O=C(OCC12CC3CC(CC(O)(C3)C1)C2)C(F)(F)S(=O)(=O)[O-].c1ccc([S+](c2ccccc2)c2ccccc2)cc1. The van der Waals surface area contributed by atoms with Crippen LogP contribution in [0.25, 0.3) is 0 Å². The molecule has 4 fully saturated rings. The maximum atomic E-state index is 13.1. The van der Waals surface area contributed by atoms with Crippen molar-refractivity contribution in [1.29, 1.82) is 0 Å². The van der Waals surface area contributed by atoms with E-state index in [1.54, 1.807) is 0 Å². The summed E-state index contributed by atoms with van der Waals surface area (Å²) in [5, 5.41) is 5.41. The first kappa shape index (κ1) is 29.7. The predicted molar refractivity (Wildman–Crippen MR) is 149 cm³/mol. The standard InChI is InChI=1S/C18H15S.C13H18F2O6S/c1-4-10-16(11-5-1)19(17-12-6-2-7-13-17)18-14-8-3-9-15-18;14-13(15,22(18,19)20)10(16)21-7-11-2-8-1-9(3-11)5-12(17,4-8)6-11/h1-15H;8-9,17H,1-7H2,(H,18,19,20)/q+1;/p-1. The molecule has 0 aliphatic heterocycles. The van der Waals surface area contributed by atoms with Crippen LogP contribution < -0.4 is 0 Å². The minimum atomic E-state index is -6.10. The zero-order chi connectivity index (χ0) is 29.3. The van der Waals surface area contributed by atoms with Crippen molar-refractivity contribution in [2.45, 2.75) is 64.1 Å². The summed E-state index contributed by atoms with van der Waals surface area (Å²) in [4.78, 5) is 15.4. The van der Waals surface area contributed by atoms with Crippen LogP contribution >= 0.6 is 0 Å². The molecule has 1 N–H and O–H groups in total. The van der Waals surface area contributed by atoms with Gasteiger partial charge in [-0.05, 0) is 86.8 Å². The number of halogens is 2. The lowest BCUT2D eigenvalue weighted by Crippen LogP contribution is -2.57. The Hall–Kier alpha value is -2.79. The molecule has 7 rings (SSSR count). The fraction of sp³-hybridized carbons (Fsp3) is 0.387. The first-order valence-corrected chi connectivity index (χ1v) is 16.2. The minimum absolute atomic E-state index is 0.0146. The number of hydrogen-bond donors (Lipinski definition) is 1. The number of ether oxygens (including phenoxy) is 1. The van der Waals surface area contributed by atoms with Gasteiger partial charge < -0.3 is 14.4 Å². The van der Waals surface area contributed by atoms with Gasteiger partial charge in [0.15, 0.2) is 24.8 Å². The van der Waals surface area contributed by atoms with Gasteiger partial charge in [0, 0.05) is 5.41 Å². The molecule has 41 heavy (non-hydrogen) atoms. The molecule has 218 valence electrons. The van der Waals surface area contributed by atoms with Gasteiger partial charge >= 0.3 is 11.2 Å². The van der Waals surface area contributed by atoms with Crippen molar-refractivity contribution in [3.8, 4) is 0 Å². The Morgan fingerprint density at radius 2 is 1.27 bits per heavy atom. The smallest absolute Gasteiger partial charge is 0.428 e. The van der Waals surface area contributed by atoms with Crippen molar-refractivity contribution in [2.24, 2.45) is 17.3 Å². The average Bonchev–Trinajstić information content (AvgIpc) is 2.92. The summed E-state index contributed by atoms with van der Waals surface area (Å²) in [6.07, 6.45) is 4.00. The van der Waals surface area contributed by atoms with Crippen molar-refractivity contribution >= 4 is 27.0 Å². The summed E-state index contributed by atoms with van der Waals surface area (Å²) in [5.74, 6) is -1.78. The molecule has 4 aliphatic rings. The second-order valence-corrected chi connectivity index (χ2v) is 14.9. The Balaban J connectivity index is 0.000000166. The molecular weight excluding hydrogens is 570 g/mol. The molecule has 4 bridgehead atoms. The van der Waals surface area contributed by atoms with Gasteiger partial charge in [-0.1, -0.05) is 54.6 Å². The summed E-state index contributed by atoms with van der Waals surface area (Å²) in [6.45, 7) is -0.383. The fourth-order valence-corrected chi connectivity index (χ4v) is 9.42. The summed E-state index contributed by atoms with van der Waals surface area (Å²) in [5.41, 5.74) is -1.43. The van der Waals surface area contributed by atoms with Crippen LogP contribution in [-0.2, 0) is 30.5 Å². The third kappa shape index (κ3) is 6.51. The number of aliphatic hydroxyl groups is 1. The minimum Gasteiger partial charge on any atom is -0.743 e. The van der Waals surface area contributed by atoms with E-state index in [9.17, 15) is 31.7 Å². The maximum absolute atomic E-state index is 13.1. The highest BCUT2D eigenvalue weighted by atomic mass is 32.2. The first-order valence-electron chi connectivity index (χ1n) is 13.5. The largest absolute Gasteiger partial charge is 0.743 e. The van der Waals surface area contributed by atoms with Gasteiger partial charge in [0.25, 0.3) is 0 Å². The van der Waals surface area contributed by atoms with E-state index in [-0.39, 0.29) is 29.3 Å². The summed E-state index contributed by atoms with van der Waals surface area (Å²) < 4.78 is 62.0. The van der Waals surface area contributed by atoms with Gasteiger partial charge in [-0.15, -0.1) is 0 Å². The van der Waals surface area contributed by atoms with Crippen LogP contribution in [0.3, 0.4) is 0 Å². The van der Waals surface area contributed by atoms with E-state index < -0.39 is 32.4 Å². The molecule has 6 nitrogen and oxygen atoms in total. The van der Waals surface area contributed by atoms with E-state index in [0.29, 0.717) is 32.1 Å². The predicted octanol–water partition coefficient (Wildman–Crippen LogP) is 5.78. The Kier molecular flexibility index (Phi) is 8.31. The van der Waals surface area contributed by atoms with Crippen LogP contribution in [0.2, 0.25) is 0 Å². The molecule has 4 aliphatic carbocycles. The molecule has 0 heterocycles. The molecule has 2 unspecified atom stereocenters. The highest BCUT2D eigenvalue weighted by Crippen LogP contribution is 2.61. The molecule has 0 saturated heterocycles. The number of alkyl halides is 2.